The van der Waals surface area contributed by atoms with Gasteiger partial charge in [0, 0.05) is 11.9 Å². The molecule has 0 saturated carbocycles. The lowest BCUT2D eigenvalue weighted by atomic mass is 10.2. The van der Waals surface area contributed by atoms with Crippen LogP contribution in [-0.4, -0.2) is 48.2 Å². The van der Waals surface area contributed by atoms with E-state index < -0.39 is 0 Å². The molecule has 0 spiro atoms. The second-order valence-electron chi connectivity index (χ2n) is 7.25. The summed E-state index contributed by atoms with van der Waals surface area (Å²) in [4.78, 5) is 27.3. The van der Waals surface area contributed by atoms with Crippen molar-refractivity contribution in [2.45, 2.75) is 46.3 Å². The van der Waals surface area contributed by atoms with Crippen molar-refractivity contribution in [2.24, 2.45) is 0 Å². The Hall–Kier alpha value is -2.88. The molecule has 3 aromatic heterocycles. The van der Waals surface area contributed by atoms with Crippen molar-refractivity contribution in [1.82, 2.24) is 24.6 Å². The number of aromatic nitrogens is 5. The number of carbonyl (C=O) groups excluding carboxylic acids is 1. The second-order valence-corrected chi connectivity index (χ2v) is 8.40. The molecular formula is C20H25N7O2S. The highest BCUT2D eigenvalue weighted by atomic mass is 32.2. The standard InChI is InChI=1S/C17H17N7O2S.C3H8/c1-10-4-14-19-9-20-23(14)6-13(10)21-16-18-5-11-7-26-17(25)24(15(11)22-16)12-2-3-27-8-12;1-3-2/h4-6,9,12H,2-3,7-8H2,1H3,(H,18,21,22);3H2,1-2H3. The summed E-state index contributed by atoms with van der Waals surface area (Å²) in [5.74, 6) is 3.00. The molecule has 0 radical (unpaired) electrons. The van der Waals surface area contributed by atoms with Gasteiger partial charge in [0.15, 0.2) is 11.5 Å². The van der Waals surface area contributed by atoms with Gasteiger partial charge >= 0.3 is 6.09 Å². The number of nitrogens with zero attached hydrogens (tertiary/aromatic N) is 6. The molecule has 0 aromatic carbocycles. The van der Waals surface area contributed by atoms with E-state index in [1.54, 1.807) is 15.6 Å². The van der Waals surface area contributed by atoms with Crippen LogP contribution in [0.15, 0.2) is 24.8 Å². The number of pyridine rings is 1. The molecule has 1 fully saturated rings. The molecule has 1 unspecified atom stereocenters. The Bertz CT molecular complexity index is 1050. The first-order valence-electron chi connectivity index (χ1n) is 10.1. The van der Waals surface area contributed by atoms with Crippen LogP contribution in [0.25, 0.3) is 5.65 Å². The lowest BCUT2D eigenvalue weighted by Crippen LogP contribution is -2.44. The number of anilines is 3. The van der Waals surface area contributed by atoms with Crippen molar-refractivity contribution in [1.29, 1.82) is 0 Å². The van der Waals surface area contributed by atoms with Gasteiger partial charge in [-0.2, -0.15) is 21.8 Å². The zero-order valence-electron chi connectivity index (χ0n) is 17.3. The van der Waals surface area contributed by atoms with E-state index in [1.165, 1.54) is 12.7 Å². The van der Waals surface area contributed by atoms with Gasteiger partial charge in [0.05, 0.1) is 23.5 Å². The van der Waals surface area contributed by atoms with Gasteiger partial charge in [-0.1, -0.05) is 20.3 Å². The number of hydrogen-bond acceptors (Lipinski definition) is 8. The van der Waals surface area contributed by atoms with Crippen LogP contribution in [0.3, 0.4) is 0 Å². The van der Waals surface area contributed by atoms with Gasteiger partial charge in [0.2, 0.25) is 5.95 Å². The lowest BCUT2D eigenvalue weighted by molar-refractivity contribution is 0.138. The van der Waals surface area contributed by atoms with Crippen molar-refractivity contribution in [3.8, 4) is 0 Å². The van der Waals surface area contributed by atoms with Crippen LogP contribution in [0.4, 0.5) is 22.2 Å². The van der Waals surface area contributed by atoms with Gasteiger partial charge in [-0.05, 0) is 30.7 Å². The Labute approximate surface area is 179 Å². The molecule has 1 N–H and O–H groups in total. The molecule has 2 aliphatic rings. The van der Waals surface area contributed by atoms with Gasteiger partial charge in [-0.3, -0.25) is 4.90 Å². The number of ether oxygens (including phenoxy) is 1. The quantitative estimate of drug-likeness (QED) is 0.671. The van der Waals surface area contributed by atoms with E-state index in [4.69, 9.17) is 4.74 Å². The van der Waals surface area contributed by atoms with E-state index in [0.717, 1.165) is 40.4 Å². The van der Waals surface area contributed by atoms with Crippen molar-refractivity contribution >= 4 is 41.0 Å². The second kappa shape index (κ2) is 8.86. The van der Waals surface area contributed by atoms with Crippen molar-refractivity contribution < 1.29 is 9.53 Å². The molecule has 5 heterocycles. The molecule has 5 rings (SSSR count). The number of carbonyl (C=O) groups is 1. The third kappa shape index (κ3) is 4.04. The summed E-state index contributed by atoms with van der Waals surface area (Å²) >= 11 is 1.84. The van der Waals surface area contributed by atoms with Crippen LogP contribution in [0.1, 0.15) is 37.8 Å². The SMILES string of the molecule is CCC.Cc1cc2ncnn2cc1Nc1ncc2c(n1)N(C1CCSC1)C(=O)OC2. The first-order valence-corrected chi connectivity index (χ1v) is 11.2. The number of cyclic esters (lactones) is 1. The molecule has 10 heteroatoms. The fraction of sp³-hybridized carbons (Fsp3) is 0.450. The van der Waals surface area contributed by atoms with E-state index in [0.29, 0.717) is 11.8 Å². The number of aryl methyl sites for hydroxylation is 1. The smallest absolute Gasteiger partial charge is 0.416 e. The monoisotopic (exact) mass is 427 g/mol. The molecular weight excluding hydrogens is 402 g/mol. The normalized spacial score (nSPS) is 17.9. The zero-order chi connectivity index (χ0) is 21.1. The molecule has 30 heavy (non-hydrogen) atoms. The number of rotatable bonds is 3. The molecule has 0 bridgehead atoms. The Morgan fingerprint density at radius 2 is 2.17 bits per heavy atom. The maximum atomic E-state index is 12.4. The van der Waals surface area contributed by atoms with Crippen molar-refractivity contribution in [2.75, 3.05) is 21.7 Å². The van der Waals surface area contributed by atoms with Crippen LogP contribution < -0.4 is 10.2 Å². The summed E-state index contributed by atoms with van der Waals surface area (Å²) in [6.45, 7) is 6.43. The van der Waals surface area contributed by atoms with Gasteiger partial charge in [-0.15, -0.1) is 0 Å². The average molecular weight is 428 g/mol. The molecule has 9 nitrogen and oxygen atoms in total. The fourth-order valence-electron chi connectivity index (χ4n) is 3.32. The summed E-state index contributed by atoms with van der Waals surface area (Å²) in [7, 11) is 0. The van der Waals surface area contributed by atoms with E-state index >= 15 is 0 Å². The number of amides is 1. The van der Waals surface area contributed by atoms with Crippen LogP contribution in [0.5, 0.6) is 0 Å². The van der Waals surface area contributed by atoms with Crippen LogP contribution in [0, 0.1) is 6.92 Å². The first kappa shape index (κ1) is 20.4. The lowest BCUT2D eigenvalue weighted by Gasteiger charge is -2.31. The fourth-order valence-corrected chi connectivity index (χ4v) is 4.51. The minimum absolute atomic E-state index is 0.109. The van der Waals surface area contributed by atoms with E-state index in [1.807, 2.05) is 30.9 Å². The molecule has 2 aliphatic heterocycles. The van der Waals surface area contributed by atoms with E-state index in [9.17, 15) is 4.79 Å². The summed E-state index contributed by atoms with van der Waals surface area (Å²) in [6.07, 6.45) is 6.93. The maximum Gasteiger partial charge on any atom is 0.416 e. The highest BCUT2D eigenvalue weighted by molar-refractivity contribution is 7.99. The number of fused-ring (bicyclic) bond motifs is 2. The Morgan fingerprint density at radius 3 is 2.93 bits per heavy atom. The molecule has 0 aliphatic carbocycles. The average Bonchev–Trinajstić information content (AvgIpc) is 3.40. The molecule has 1 amide bonds. The van der Waals surface area contributed by atoms with Crippen LogP contribution in [0.2, 0.25) is 0 Å². The largest absolute Gasteiger partial charge is 0.444 e. The predicted octanol–water partition coefficient (Wildman–Crippen LogP) is 3.95. The third-order valence-electron chi connectivity index (χ3n) is 4.76. The summed E-state index contributed by atoms with van der Waals surface area (Å²) in [5.41, 5.74) is 3.42. The minimum atomic E-state index is -0.333. The number of thioether (sulfide) groups is 1. The van der Waals surface area contributed by atoms with Crippen LogP contribution >= 0.6 is 11.8 Å². The molecule has 1 atom stereocenters. The number of nitrogens with one attached hydrogen (secondary N) is 1. The van der Waals surface area contributed by atoms with Gasteiger partial charge in [0.25, 0.3) is 0 Å². The molecule has 158 valence electrons. The molecule has 3 aromatic rings. The topological polar surface area (TPSA) is 97.5 Å². The highest BCUT2D eigenvalue weighted by Gasteiger charge is 2.35. The summed E-state index contributed by atoms with van der Waals surface area (Å²) < 4.78 is 6.99. The van der Waals surface area contributed by atoms with Gasteiger partial charge < -0.3 is 10.1 Å². The Morgan fingerprint density at radius 1 is 1.33 bits per heavy atom. The zero-order valence-corrected chi connectivity index (χ0v) is 18.1. The van der Waals surface area contributed by atoms with E-state index in [-0.39, 0.29) is 18.7 Å². The summed E-state index contributed by atoms with van der Waals surface area (Å²) in [5, 5.41) is 7.40. The Balaban J connectivity index is 0.000000687. The highest BCUT2D eigenvalue weighted by Crippen LogP contribution is 2.33. The first-order chi connectivity index (χ1) is 14.6. The third-order valence-corrected chi connectivity index (χ3v) is 5.90. The minimum Gasteiger partial charge on any atom is -0.444 e. The predicted molar refractivity (Wildman–Crippen MR) is 117 cm³/mol. The maximum absolute atomic E-state index is 12.4. The molecule has 1 saturated heterocycles. The number of hydrogen-bond donors (Lipinski definition) is 1. The van der Waals surface area contributed by atoms with Crippen molar-refractivity contribution in [3.63, 3.8) is 0 Å². The van der Waals surface area contributed by atoms with E-state index in [2.05, 4.69) is 39.2 Å². The van der Waals surface area contributed by atoms with Crippen LogP contribution in [-0.2, 0) is 11.3 Å². The van der Waals surface area contributed by atoms with Gasteiger partial charge in [0.1, 0.15) is 12.9 Å². The van der Waals surface area contributed by atoms with Crippen molar-refractivity contribution in [3.05, 3.63) is 35.9 Å². The summed E-state index contributed by atoms with van der Waals surface area (Å²) in [6, 6.07) is 2.05. The van der Waals surface area contributed by atoms with Gasteiger partial charge in [-0.25, -0.2) is 19.3 Å². The Kier molecular flexibility index (Phi) is 6.03.